The molecule has 1 fully saturated rings. The number of carbonyl (C=O) groups excluding carboxylic acids is 1. The molecule has 2 aliphatic heterocycles. The molecule has 180 valence electrons. The molecule has 1 atom stereocenters. The molecule has 2 aliphatic rings. The van der Waals surface area contributed by atoms with E-state index >= 15 is 0 Å². The van der Waals surface area contributed by atoms with Crippen LogP contribution in [0.3, 0.4) is 0 Å². The van der Waals surface area contributed by atoms with E-state index in [0.29, 0.717) is 12.0 Å². The SMILES string of the molecule is CCC1=CC(c2ccc(F)c(C)c2)=NC1CCCC(=O)N1CCN(c2cccc(OC)c2)CC1. The summed E-state index contributed by atoms with van der Waals surface area (Å²) in [6.45, 7) is 7.06. The maximum atomic E-state index is 13.6. The number of methoxy groups -OCH3 is 1. The van der Waals surface area contributed by atoms with Crippen LogP contribution in [0.5, 0.6) is 5.75 Å². The van der Waals surface area contributed by atoms with Gasteiger partial charge >= 0.3 is 0 Å². The average Bonchev–Trinajstić information content (AvgIpc) is 3.29. The quantitative estimate of drug-likeness (QED) is 0.543. The number of ether oxygens (including phenoxy) is 1. The highest BCUT2D eigenvalue weighted by atomic mass is 19.1. The highest BCUT2D eigenvalue weighted by Gasteiger charge is 2.24. The van der Waals surface area contributed by atoms with Crippen molar-refractivity contribution in [3.63, 3.8) is 0 Å². The van der Waals surface area contributed by atoms with Crippen molar-refractivity contribution >= 4 is 17.3 Å². The second-order valence-corrected chi connectivity index (χ2v) is 9.03. The molecule has 0 bridgehead atoms. The summed E-state index contributed by atoms with van der Waals surface area (Å²) in [5.74, 6) is 0.883. The molecule has 0 N–H and O–H groups in total. The Kier molecular flexibility index (Phi) is 7.66. The van der Waals surface area contributed by atoms with Crippen LogP contribution in [-0.2, 0) is 4.79 Å². The van der Waals surface area contributed by atoms with Gasteiger partial charge in [0.2, 0.25) is 5.91 Å². The van der Waals surface area contributed by atoms with E-state index in [4.69, 9.17) is 9.73 Å². The van der Waals surface area contributed by atoms with Crippen molar-refractivity contribution in [2.45, 2.75) is 45.6 Å². The monoisotopic (exact) mass is 463 g/mol. The Bertz CT molecular complexity index is 1090. The summed E-state index contributed by atoms with van der Waals surface area (Å²) in [6.07, 6.45) is 5.29. The average molecular weight is 464 g/mol. The number of piperazine rings is 1. The number of hydrogen-bond donors (Lipinski definition) is 0. The number of benzene rings is 2. The van der Waals surface area contributed by atoms with Crippen molar-refractivity contribution in [1.82, 2.24) is 4.90 Å². The minimum absolute atomic E-state index is 0.114. The number of anilines is 1. The van der Waals surface area contributed by atoms with E-state index in [1.165, 1.54) is 11.6 Å². The molecule has 0 saturated carbocycles. The molecule has 1 unspecified atom stereocenters. The van der Waals surface area contributed by atoms with Crippen LogP contribution in [0.1, 0.15) is 43.7 Å². The first-order chi connectivity index (χ1) is 16.5. The number of halogens is 1. The molecule has 6 heteroatoms. The Morgan fingerprint density at radius 2 is 1.94 bits per heavy atom. The zero-order valence-electron chi connectivity index (χ0n) is 20.4. The Morgan fingerprint density at radius 3 is 2.65 bits per heavy atom. The van der Waals surface area contributed by atoms with Crippen molar-refractivity contribution in [1.29, 1.82) is 0 Å². The first-order valence-electron chi connectivity index (χ1n) is 12.2. The predicted octanol–water partition coefficient (Wildman–Crippen LogP) is 5.17. The van der Waals surface area contributed by atoms with Gasteiger partial charge in [0.1, 0.15) is 11.6 Å². The number of aliphatic imine (C=N–C) groups is 1. The molecule has 0 spiro atoms. The van der Waals surface area contributed by atoms with Gasteiger partial charge in [-0.2, -0.15) is 0 Å². The third kappa shape index (κ3) is 5.49. The molecule has 0 aliphatic carbocycles. The standard InChI is InChI=1S/C28H34FN3O2/c1-4-21-18-27(22-11-12-25(29)20(2)17-22)30-26(21)9-6-10-28(33)32-15-13-31(14-16-32)23-7-5-8-24(19-23)34-3/h5,7-8,11-12,17-19,26H,4,6,9-10,13-16H2,1-3H3. The fourth-order valence-electron chi connectivity index (χ4n) is 4.74. The van der Waals surface area contributed by atoms with E-state index in [0.717, 1.165) is 68.2 Å². The van der Waals surface area contributed by atoms with Gasteiger partial charge < -0.3 is 14.5 Å². The van der Waals surface area contributed by atoms with Gasteiger partial charge in [-0.25, -0.2) is 4.39 Å². The van der Waals surface area contributed by atoms with Gasteiger partial charge in [-0.3, -0.25) is 9.79 Å². The lowest BCUT2D eigenvalue weighted by atomic mass is 10.00. The number of aryl methyl sites for hydroxylation is 1. The van der Waals surface area contributed by atoms with E-state index in [1.807, 2.05) is 29.2 Å². The predicted molar refractivity (Wildman–Crippen MR) is 135 cm³/mol. The number of rotatable bonds is 8. The van der Waals surface area contributed by atoms with Crippen molar-refractivity contribution in [2.75, 3.05) is 38.2 Å². The second-order valence-electron chi connectivity index (χ2n) is 9.03. The fourth-order valence-corrected chi connectivity index (χ4v) is 4.74. The van der Waals surface area contributed by atoms with Gasteiger partial charge in [0.15, 0.2) is 0 Å². The van der Waals surface area contributed by atoms with Crippen LogP contribution in [0.4, 0.5) is 10.1 Å². The third-order valence-electron chi connectivity index (χ3n) is 6.83. The minimum atomic E-state index is -0.193. The molecule has 34 heavy (non-hydrogen) atoms. The first kappa shape index (κ1) is 24.0. The normalized spacial score (nSPS) is 18.1. The lowest BCUT2D eigenvalue weighted by molar-refractivity contribution is -0.131. The van der Waals surface area contributed by atoms with Crippen LogP contribution >= 0.6 is 0 Å². The van der Waals surface area contributed by atoms with E-state index < -0.39 is 0 Å². The molecule has 2 aromatic carbocycles. The Hall–Kier alpha value is -3.15. The Balaban J connectivity index is 1.27. The van der Waals surface area contributed by atoms with Crippen molar-refractivity contribution in [3.05, 3.63) is 71.1 Å². The lowest BCUT2D eigenvalue weighted by Gasteiger charge is -2.36. The van der Waals surface area contributed by atoms with E-state index in [-0.39, 0.29) is 17.8 Å². The van der Waals surface area contributed by atoms with Crippen molar-refractivity contribution in [2.24, 2.45) is 4.99 Å². The minimum Gasteiger partial charge on any atom is -0.497 e. The number of nitrogens with zero attached hydrogens (tertiary/aromatic N) is 3. The molecule has 2 heterocycles. The molecule has 4 rings (SSSR count). The van der Waals surface area contributed by atoms with Crippen LogP contribution < -0.4 is 9.64 Å². The molecule has 5 nitrogen and oxygen atoms in total. The third-order valence-corrected chi connectivity index (χ3v) is 6.83. The van der Waals surface area contributed by atoms with E-state index in [1.54, 1.807) is 20.1 Å². The summed E-state index contributed by atoms with van der Waals surface area (Å²) >= 11 is 0. The number of allylic oxidation sites excluding steroid dienone is 1. The summed E-state index contributed by atoms with van der Waals surface area (Å²) in [6, 6.07) is 13.3. The summed E-state index contributed by atoms with van der Waals surface area (Å²) in [5, 5.41) is 0. The van der Waals surface area contributed by atoms with Crippen LogP contribution in [0, 0.1) is 12.7 Å². The molecule has 0 aromatic heterocycles. The Labute approximate surface area is 201 Å². The van der Waals surface area contributed by atoms with E-state index in [9.17, 15) is 9.18 Å². The molecule has 1 amide bonds. The maximum Gasteiger partial charge on any atom is 0.222 e. The van der Waals surface area contributed by atoms with Crippen LogP contribution in [0.2, 0.25) is 0 Å². The summed E-state index contributed by atoms with van der Waals surface area (Å²) in [4.78, 5) is 22.0. The van der Waals surface area contributed by atoms with Crippen LogP contribution in [0.15, 0.2) is 59.1 Å². The lowest BCUT2D eigenvalue weighted by Crippen LogP contribution is -2.48. The fraction of sp³-hybridized carbons (Fsp3) is 0.429. The van der Waals surface area contributed by atoms with E-state index in [2.05, 4.69) is 24.0 Å². The van der Waals surface area contributed by atoms with Gasteiger partial charge in [0.05, 0.1) is 18.9 Å². The number of amides is 1. The zero-order chi connectivity index (χ0) is 24.1. The van der Waals surface area contributed by atoms with Crippen molar-refractivity contribution < 1.29 is 13.9 Å². The smallest absolute Gasteiger partial charge is 0.222 e. The number of carbonyl (C=O) groups is 1. The van der Waals surface area contributed by atoms with Crippen LogP contribution in [-0.4, -0.2) is 55.8 Å². The Morgan fingerprint density at radius 1 is 1.15 bits per heavy atom. The molecular formula is C28H34FN3O2. The second kappa shape index (κ2) is 10.9. The molecule has 1 saturated heterocycles. The summed E-state index contributed by atoms with van der Waals surface area (Å²) in [7, 11) is 1.68. The maximum absolute atomic E-state index is 13.6. The summed E-state index contributed by atoms with van der Waals surface area (Å²) in [5.41, 5.74) is 4.93. The highest BCUT2D eigenvalue weighted by Crippen LogP contribution is 2.26. The van der Waals surface area contributed by atoms with Gasteiger partial charge in [-0.15, -0.1) is 0 Å². The molecular weight excluding hydrogens is 429 g/mol. The van der Waals surface area contributed by atoms with Gasteiger partial charge in [-0.05, 0) is 73.7 Å². The van der Waals surface area contributed by atoms with Gasteiger partial charge in [0, 0.05) is 49.9 Å². The first-order valence-corrected chi connectivity index (χ1v) is 12.2. The highest BCUT2D eigenvalue weighted by molar-refractivity contribution is 6.10. The number of hydrogen-bond acceptors (Lipinski definition) is 4. The largest absolute Gasteiger partial charge is 0.497 e. The molecule has 0 radical (unpaired) electrons. The molecule has 2 aromatic rings. The summed E-state index contributed by atoms with van der Waals surface area (Å²) < 4.78 is 19.0. The van der Waals surface area contributed by atoms with Crippen LogP contribution in [0.25, 0.3) is 0 Å². The van der Waals surface area contributed by atoms with Crippen molar-refractivity contribution in [3.8, 4) is 5.75 Å². The zero-order valence-corrected chi connectivity index (χ0v) is 20.4. The van der Waals surface area contributed by atoms with Gasteiger partial charge in [-0.1, -0.05) is 13.0 Å². The van der Waals surface area contributed by atoms with Gasteiger partial charge in [0.25, 0.3) is 0 Å². The topological polar surface area (TPSA) is 45.1 Å².